The molecule has 0 aliphatic rings. The normalized spacial score (nSPS) is 11.8. The second kappa shape index (κ2) is 6.67. The molecule has 0 N–H and O–H groups in total. The van der Waals surface area contributed by atoms with E-state index in [4.69, 9.17) is 27.9 Å². The van der Waals surface area contributed by atoms with Crippen molar-refractivity contribution in [3.8, 4) is 11.1 Å². The molecule has 0 atom stereocenters. The minimum atomic E-state index is 0.453. The fraction of sp³-hybridized carbons (Fsp3) is 0.111. The number of aryl methyl sites for hydroxylation is 1. The number of ether oxygens (including phenoxy) is 1. The van der Waals surface area contributed by atoms with Crippen LogP contribution in [0.15, 0.2) is 54.2 Å². The number of hydrogen-bond donors (Lipinski definition) is 0. The Labute approximate surface area is 150 Å². The minimum Gasteiger partial charge on any atom is -0.446 e. The van der Waals surface area contributed by atoms with Gasteiger partial charge in [-0.2, -0.15) is 5.10 Å². The van der Waals surface area contributed by atoms with E-state index >= 15 is 0 Å². The molecule has 0 fully saturated rings. The molecule has 122 valence electrons. The van der Waals surface area contributed by atoms with E-state index in [1.54, 1.807) is 17.8 Å². The van der Waals surface area contributed by atoms with Crippen LogP contribution in [-0.2, 0) is 11.8 Å². The molecule has 0 unspecified atom stereocenters. The third kappa shape index (κ3) is 2.79. The fourth-order valence-electron chi connectivity index (χ4n) is 2.69. The highest BCUT2D eigenvalue weighted by molar-refractivity contribution is 6.36. The molecule has 4 nitrogen and oxygen atoms in total. The summed E-state index contributed by atoms with van der Waals surface area (Å²) in [5, 5.41) is 6.73. The summed E-state index contributed by atoms with van der Waals surface area (Å²) in [7, 11) is 3.51. The Balaban J connectivity index is 2.28. The van der Waals surface area contributed by atoms with E-state index in [-0.39, 0.29) is 0 Å². The first-order chi connectivity index (χ1) is 11.6. The lowest BCUT2D eigenvalue weighted by Crippen LogP contribution is -2.09. The second-order valence-electron chi connectivity index (χ2n) is 5.11. The van der Waals surface area contributed by atoms with Gasteiger partial charge < -0.3 is 4.74 Å². The van der Waals surface area contributed by atoms with Crippen molar-refractivity contribution < 1.29 is 4.74 Å². The van der Waals surface area contributed by atoms with Crippen LogP contribution in [0.25, 0.3) is 22.0 Å². The topological polar surface area (TPSA) is 39.4 Å². The highest BCUT2D eigenvalue weighted by Crippen LogP contribution is 2.35. The molecule has 1 aromatic heterocycles. The van der Waals surface area contributed by atoms with Crippen molar-refractivity contribution in [1.82, 2.24) is 9.78 Å². The van der Waals surface area contributed by atoms with Gasteiger partial charge in [0.15, 0.2) is 0 Å². The molecule has 0 saturated carbocycles. The Morgan fingerprint density at radius 3 is 2.71 bits per heavy atom. The summed E-state index contributed by atoms with van der Waals surface area (Å²) < 4.78 is 7.16. The molecule has 0 spiro atoms. The van der Waals surface area contributed by atoms with Crippen molar-refractivity contribution in [3.05, 3.63) is 65.0 Å². The van der Waals surface area contributed by atoms with Crippen molar-refractivity contribution in [2.45, 2.75) is 0 Å². The summed E-state index contributed by atoms with van der Waals surface area (Å²) >= 11 is 12.4. The Morgan fingerprint density at radius 1 is 1.25 bits per heavy atom. The van der Waals surface area contributed by atoms with Crippen LogP contribution >= 0.6 is 23.2 Å². The molecule has 3 rings (SSSR count). The van der Waals surface area contributed by atoms with E-state index in [9.17, 15) is 0 Å². The molecule has 6 heteroatoms. The van der Waals surface area contributed by atoms with Gasteiger partial charge in [0.25, 0.3) is 0 Å². The Morgan fingerprint density at radius 2 is 2.04 bits per heavy atom. The predicted molar refractivity (Wildman–Crippen MR) is 99.9 cm³/mol. The molecule has 0 aliphatic carbocycles. The Bertz CT molecular complexity index is 960. The molecule has 1 heterocycles. The van der Waals surface area contributed by atoms with E-state index < -0.39 is 0 Å². The largest absolute Gasteiger partial charge is 0.446 e. The van der Waals surface area contributed by atoms with Gasteiger partial charge in [0, 0.05) is 40.7 Å². The van der Waals surface area contributed by atoms with E-state index in [1.165, 1.54) is 6.26 Å². The summed E-state index contributed by atoms with van der Waals surface area (Å²) in [5.74, 6) is 0.453. The predicted octanol–water partition coefficient (Wildman–Crippen LogP) is 5.08. The molecular formula is C18H15Cl2N3O. The summed E-state index contributed by atoms with van der Waals surface area (Å²) in [6.07, 6.45) is 1.35. The maximum Gasteiger partial charge on any atom is 0.240 e. The minimum absolute atomic E-state index is 0.453. The van der Waals surface area contributed by atoms with E-state index in [0.29, 0.717) is 15.9 Å². The number of halogens is 2. The lowest BCUT2D eigenvalue weighted by Gasteiger charge is -2.07. The first-order valence-electron chi connectivity index (χ1n) is 7.22. The standard InChI is InChI=1S/C18H15Cl2N3O/c1-4-24-18(21-2)17-14-7-5-6-13(16(14)22-23(17)3)12-9-8-11(19)10-15(12)20/h4-10H,1H2,2-3H3. The molecule has 0 amide bonds. The van der Waals surface area contributed by atoms with Gasteiger partial charge in [-0.25, -0.2) is 0 Å². The van der Waals surface area contributed by atoms with Crippen LogP contribution in [0.1, 0.15) is 5.69 Å². The maximum atomic E-state index is 6.37. The smallest absolute Gasteiger partial charge is 0.240 e. The number of rotatable bonds is 3. The zero-order chi connectivity index (χ0) is 17.3. The zero-order valence-electron chi connectivity index (χ0n) is 13.3. The molecule has 0 radical (unpaired) electrons. The SMILES string of the molecule is C=COC(=NC)c1c2cccc(-c3ccc(Cl)cc3Cl)c2nn1C. The third-order valence-corrected chi connectivity index (χ3v) is 4.23. The van der Waals surface area contributed by atoms with Crippen LogP contribution in [0.4, 0.5) is 0 Å². The van der Waals surface area contributed by atoms with E-state index in [0.717, 1.165) is 27.7 Å². The first-order valence-corrected chi connectivity index (χ1v) is 7.98. The number of hydrogen-bond acceptors (Lipinski definition) is 3. The lowest BCUT2D eigenvalue weighted by atomic mass is 10.0. The fourth-order valence-corrected chi connectivity index (χ4v) is 3.20. The molecule has 24 heavy (non-hydrogen) atoms. The van der Waals surface area contributed by atoms with Crippen molar-refractivity contribution >= 4 is 40.0 Å². The van der Waals surface area contributed by atoms with Gasteiger partial charge in [-0.3, -0.25) is 9.67 Å². The van der Waals surface area contributed by atoms with Crippen LogP contribution in [0.3, 0.4) is 0 Å². The number of nitrogens with zero attached hydrogens (tertiary/aromatic N) is 3. The zero-order valence-corrected chi connectivity index (χ0v) is 14.8. The summed E-state index contributed by atoms with van der Waals surface area (Å²) in [5.41, 5.74) is 3.38. The Kier molecular flexibility index (Phi) is 4.60. The third-order valence-electron chi connectivity index (χ3n) is 3.69. The van der Waals surface area contributed by atoms with Crippen molar-refractivity contribution in [1.29, 1.82) is 0 Å². The quantitative estimate of drug-likeness (QED) is 0.371. The average molecular weight is 360 g/mol. The van der Waals surface area contributed by atoms with Gasteiger partial charge in [-0.05, 0) is 12.1 Å². The van der Waals surface area contributed by atoms with Crippen molar-refractivity contribution in [2.75, 3.05) is 7.05 Å². The van der Waals surface area contributed by atoms with Gasteiger partial charge >= 0.3 is 0 Å². The van der Waals surface area contributed by atoms with Gasteiger partial charge in [-0.15, -0.1) is 0 Å². The molecule has 2 aromatic carbocycles. The highest BCUT2D eigenvalue weighted by Gasteiger charge is 2.19. The Hall–Kier alpha value is -2.30. The van der Waals surface area contributed by atoms with Gasteiger partial charge in [0.05, 0.1) is 6.26 Å². The van der Waals surface area contributed by atoms with Crippen LogP contribution in [0.2, 0.25) is 10.0 Å². The van der Waals surface area contributed by atoms with E-state index in [1.807, 2.05) is 37.4 Å². The summed E-state index contributed by atoms with van der Waals surface area (Å²) in [4.78, 5) is 4.18. The van der Waals surface area contributed by atoms with Gasteiger partial charge in [-0.1, -0.05) is 54.0 Å². The average Bonchev–Trinajstić information content (AvgIpc) is 2.89. The molecule has 0 saturated heterocycles. The monoisotopic (exact) mass is 359 g/mol. The van der Waals surface area contributed by atoms with Crippen molar-refractivity contribution in [3.63, 3.8) is 0 Å². The van der Waals surface area contributed by atoms with Gasteiger partial charge in [0.1, 0.15) is 11.2 Å². The van der Waals surface area contributed by atoms with Crippen LogP contribution in [-0.4, -0.2) is 22.7 Å². The number of aliphatic imine (C=N–C) groups is 1. The van der Waals surface area contributed by atoms with Crippen LogP contribution < -0.4 is 0 Å². The number of benzene rings is 2. The molecular weight excluding hydrogens is 345 g/mol. The van der Waals surface area contributed by atoms with Gasteiger partial charge in [0.2, 0.25) is 5.90 Å². The van der Waals surface area contributed by atoms with E-state index in [2.05, 4.69) is 16.7 Å². The number of fused-ring (bicyclic) bond motifs is 1. The second-order valence-corrected chi connectivity index (χ2v) is 5.96. The molecule has 3 aromatic rings. The highest BCUT2D eigenvalue weighted by atomic mass is 35.5. The number of aromatic nitrogens is 2. The lowest BCUT2D eigenvalue weighted by molar-refractivity contribution is 0.469. The maximum absolute atomic E-state index is 6.37. The summed E-state index contributed by atoms with van der Waals surface area (Å²) in [6, 6.07) is 11.3. The summed E-state index contributed by atoms with van der Waals surface area (Å²) in [6.45, 7) is 3.59. The first kappa shape index (κ1) is 16.6. The van der Waals surface area contributed by atoms with Crippen molar-refractivity contribution in [2.24, 2.45) is 12.0 Å². The van der Waals surface area contributed by atoms with Crippen LogP contribution in [0, 0.1) is 0 Å². The molecule has 0 bridgehead atoms. The molecule has 0 aliphatic heterocycles. The van der Waals surface area contributed by atoms with Crippen LogP contribution in [0.5, 0.6) is 0 Å².